The van der Waals surface area contributed by atoms with E-state index in [9.17, 15) is 27.0 Å². The quantitative estimate of drug-likeness (QED) is 0.308. The molecule has 0 saturated heterocycles. The number of ether oxygens (including phenoxy) is 2. The molecule has 1 atom stereocenters. The third-order valence-electron chi connectivity index (χ3n) is 5.11. The first kappa shape index (κ1) is 27.1. The molecule has 3 rings (SSSR count). The van der Waals surface area contributed by atoms with E-state index >= 15 is 0 Å². The minimum Gasteiger partial charge on any atom is -0.484 e. The molecule has 0 aliphatic carbocycles. The van der Waals surface area contributed by atoms with Crippen LogP contribution in [0.1, 0.15) is 24.6 Å². The molecule has 1 aromatic carbocycles. The molecule has 9 nitrogen and oxygen atoms in total. The SMILES string of the molecule is CC(=O)OCCCN(C)C(=O)n1c([S@@](=O)Cc2nccc(OCC(F)(F)F)c2C)nc2ccccc21. The summed E-state index contributed by atoms with van der Waals surface area (Å²) >= 11 is 0. The van der Waals surface area contributed by atoms with Gasteiger partial charge in [-0.2, -0.15) is 13.2 Å². The van der Waals surface area contributed by atoms with E-state index in [-0.39, 0.29) is 35.5 Å². The number of hydrogen-bond donors (Lipinski definition) is 0. The zero-order valence-electron chi connectivity index (χ0n) is 19.9. The Morgan fingerprint density at radius 3 is 2.61 bits per heavy atom. The molecule has 13 heteroatoms. The number of imidazole rings is 1. The van der Waals surface area contributed by atoms with Crippen LogP contribution in [0.25, 0.3) is 11.0 Å². The van der Waals surface area contributed by atoms with Gasteiger partial charge in [-0.25, -0.2) is 14.3 Å². The molecule has 2 heterocycles. The number of amides is 1. The van der Waals surface area contributed by atoms with E-state index in [1.54, 1.807) is 31.3 Å². The second-order valence-electron chi connectivity index (χ2n) is 7.89. The Kier molecular flexibility index (Phi) is 8.66. The Morgan fingerprint density at radius 2 is 1.92 bits per heavy atom. The first-order valence-corrected chi connectivity index (χ1v) is 12.2. The molecule has 0 unspecified atom stereocenters. The van der Waals surface area contributed by atoms with Gasteiger partial charge in [0.15, 0.2) is 6.61 Å². The number of hydrogen-bond acceptors (Lipinski definition) is 7. The van der Waals surface area contributed by atoms with Crippen LogP contribution in [0.4, 0.5) is 18.0 Å². The predicted octanol–water partition coefficient (Wildman–Crippen LogP) is 3.84. The average Bonchev–Trinajstić information content (AvgIpc) is 3.20. The number of carbonyl (C=O) groups is 2. The van der Waals surface area contributed by atoms with Gasteiger partial charge in [0.05, 0.1) is 39.9 Å². The Morgan fingerprint density at radius 1 is 1.19 bits per heavy atom. The fourth-order valence-electron chi connectivity index (χ4n) is 3.33. The molecule has 0 fully saturated rings. The molecule has 0 aliphatic rings. The van der Waals surface area contributed by atoms with Crippen LogP contribution >= 0.6 is 0 Å². The van der Waals surface area contributed by atoms with Crippen molar-refractivity contribution < 1.29 is 36.4 Å². The monoisotopic (exact) mass is 526 g/mol. The van der Waals surface area contributed by atoms with Gasteiger partial charge < -0.3 is 14.4 Å². The van der Waals surface area contributed by atoms with Crippen molar-refractivity contribution in [3.8, 4) is 5.75 Å². The van der Waals surface area contributed by atoms with Crippen LogP contribution in [-0.4, -0.2) is 68.6 Å². The van der Waals surface area contributed by atoms with E-state index in [0.717, 1.165) is 0 Å². The third-order valence-corrected chi connectivity index (χ3v) is 6.33. The van der Waals surface area contributed by atoms with Crippen LogP contribution in [-0.2, 0) is 26.1 Å². The Labute approximate surface area is 207 Å². The number of fused-ring (bicyclic) bond motifs is 1. The normalized spacial score (nSPS) is 12.4. The van der Waals surface area contributed by atoms with Crippen LogP contribution < -0.4 is 4.74 Å². The van der Waals surface area contributed by atoms with Crippen molar-refractivity contribution in [2.45, 2.75) is 37.4 Å². The maximum Gasteiger partial charge on any atom is 0.422 e. The molecule has 1 amide bonds. The van der Waals surface area contributed by atoms with Crippen molar-refractivity contribution in [3.63, 3.8) is 0 Å². The Bertz CT molecular complexity index is 1280. The minimum atomic E-state index is -4.51. The number of alkyl halides is 3. The maximum absolute atomic E-state index is 13.4. The fraction of sp³-hybridized carbons (Fsp3) is 0.391. The lowest BCUT2D eigenvalue weighted by Gasteiger charge is -2.19. The van der Waals surface area contributed by atoms with E-state index in [1.165, 1.54) is 35.6 Å². The van der Waals surface area contributed by atoms with Crippen molar-refractivity contribution in [2.75, 3.05) is 26.8 Å². The second kappa shape index (κ2) is 11.5. The molecule has 0 N–H and O–H groups in total. The lowest BCUT2D eigenvalue weighted by molar-refractivity contribution is -0.153. The molecule has 3 aromatic rings. The Hall–Kier alpha value is -3.48. The first-order chi connectivity index (χ1) is 17.0. The fourth-order valence-corrected chi connectivity index (χ4v) is 4.58. The largest absolute Gasteiger partial charge is 0.484 e. The highest BCUT2D eigenvalue weighted by Crippen LogP contribution is 2.26. The number of nitrogens with zero attached hydrogens (tertiary/aromatic N) is 4. The predicted molar refractivity (Wildman–Crippen MR) is 125 cm³/mol. The minimum absolute atomic E-state index is 0.0177. The highest BCUT2D eigenvalue weighted by molar-refractivity contribution is 7.84. The number of aromatic nitrogens is 3. The second-order valence-corrected chi connectivity index (χ2v) is 9.24. The zero-order chi connectivity index (χ0) is 26.5. The summed E-state index contributed by atoms with van der Waals surface area (Å²) in [5.74, 6) is -0.632. The molecule has 0 radical (unpaired) electrons. The molecule has 2 aromatic heterocycles. The topological polar surface area (TPSA) is 104 Å². The Balaban J connectivity index is 1.86. The summed E-state index contributed by atoms with van der Waals surface area (Å²) in [6.45, 7) is 1.77. The van der Waals surface area contributed by atoms with Gasteiger partial charge in [0, 0.05) is 32.3 Å². The van der Waals surface area contributed by atoms with Crippen LogP contribution in [0.5, 0.6) is 5.75 Å². The van der Waals surface area contributed by atoms with Crippen LogP contribution in [0.15, 0.2) is 41.7 Å². The zero-order valence-corrected chi connectivity index (χ0v) is 20.7. The first-order valence-electron chi connectivity index (χ1n) is 10.9. The van der Waals surface area contributed by atoms with E-state index in [1.807, 2.05) is 0 Å². The number of para-hydroxylation sites is 2. The number of halogens is 3. The summed E-state index contributed by atoms with van der Waals surface area (Å²) < 4.78 is 62.1. The van der Waals surface area contributed by atoms with Gasteiger partial charge in [0.2, 0.25) is 5.16 Å². The van der Waals surface area contributed by atoms with Gasteiger partial charge in [-0.15, -0.1) is 0 Å². The number of esters is 1. The maximum atomic E-state index is 13.4. The molecule has 0 spiro atoms. The van der Waals surface area contributed by atoms with Crippen LogP contribution in [0.3, 0.4) is 0 Å². The smallest absolute Gasteiger partial charge is 0.422 e. The van der Waals surface area contributed by atoms with E-state index < -0.39 is 35.6 Å². The summed E-state index contributed by atoms with van der Waals surface area (Å²) in [6.07, 6.45) is -2.83. The lowest BCUT2D eigenvalue weighted by atomic mass is 10.2. The molecule has 36 heavy (non-hydrogen) atoms. The van der Waals surface area contributed by atoms with Crippen molar-refractivity contribution in [2.24, 2.45) is 0 Å². The number of pyridine rings is 1. The molecular weight excluding hydrogens is 501 g/mol. The van der Waals surface area contributed by atoms with E-state index in [4.69, 9.17) is 9.47 Å². The molecule has 0 saturated carbocycles. The van der Waals surface area contributed by atoms with Gasteiger partial charge >= 0.3 is 18.2 Å². The molecule has 0 bridgehead atoms. The number of rotatable bonds is 9. The molecule has 194 valence electrons. The summed E-state index contributed by atoms with van der Waals surface area (Å²) in [4.78, 5) is 34.2. The lowest BCUT2D eigenvalue weighted by Crippen LogP contribution is -2.33. The van der Waals surface area contributed by atoms with Crippen LogP contribution in [0, 0.1) is 6.92 Å². The van der Waals surface area contributed by atoms with Gasteiger partial charge in [-0.05, 0) is 31.5 Å². The molecule has 0 aliphatic heterocycles. The highest BCUT2D eigenvalue weighted by atomic mass is 32.2. The van der Waals surface area contributed by atoms with Crippen molar-refractivity contribution in [3.05, 3.63) is 47.8 Å². The molecular formula is C23H25F3N4O5S. The average molecular weight is 527 g/mol. The third kappa shape index (κ3) is 6.80. The van der Waals surface area contributed by atoms with E-state index in [2.05, 4.69) is 9.97 Å². The highest BCUT2D eigenvalue weighted by Gasteiger charge is 2.29. The van der Waals surface area contributed by atoms with Gasteiger partial charge in [0.1, 0.15) is 5.75 Å². The summed E-state index contributed by atoms with van der Waals surface area (Å²) in [5.41, 5.74) is 1.47. The van der Waals surface area contributed by atoms with Crippen molar-refractivity contribution in [1.29, 1.82) is 0 Å². The number of benzene rings is 1. The number of carbonyl (C=O) groups excluding carboxylic acids is 2. The van der Waals surface area contributed by atoms with Gasteiger partial charge in [0.25, 0.3) is 0 Å². The summed E-state index contributed by atoms with van der Waals surface area (Å²) in [5, 5.41) is -0.0177. The van der Waals surface area contributed by atoms with Crippen molar-refractivity contribution >= 4 is 33.8 Å². The summed E-state index contributed by atoms with van der Waals surface area (Å²) in [6, 6.07) is 7.61. The van der Waals surface area contributed by atoms with E-state index in [0.29, 0.717) is 23.0 Å². The van der Waals surface area contributed by atoms with Gasteiger partial charge in [-0.1, -0.05) is 12.1 Å². The van der Waals surface area contributed by atoms with Crippen LogP contribution in [0.2, 0.25) is 0 Å². The van der Waals surface area contributed by atoms with Crippen molar-refractivity contribution in [1.82, 2.24) is 19.4 Å². The van der Waals surface area contributed by atoms with Gasteiger partial charge in [-0.3, -0.25) is 14.0 Å². The summed E-state index contributed by atoms with van der Waals surface area (Å²) in [7, 11) is -0.314. The standard InChI is InChI=1S/C23H25F3N4O5S/c1-15-18(27-10-9-20(15)35-14-23(24,25)26)13-36(33)21-28-17-7-4-5-8-19(17)30(21)22(32)29(3)11-6-12-34-16(2)31/h4-5,7-10H,6,11-14H2,1-3H3/t36-/m0/s1.